The summed E-state index contributed by atoms with van der Waals surface area (Å²) in [6.07, 6.45) is 6.28. The topological polar surface area (TPSA) is 34.2 Å². The van der Waals surface area contributed by atoms with Crippen molar-refractivity contribution in [3.8, 4) is 5.75 Å². The van der Waals surface area contributed by atoms with Crippen molar-refractivity contribution in [3.63, 3.8) is 0 Å². The highest BCUT2D eigenvalue weighted by Gasteiger charge is 2.38. The first kappa shape index (κ1) is 13.7. The fourth-order valence-corrected chi connectivity index (χ4v) is 4.05. The lowest BCUT2D eigenvalue weighted by molar-refractivity contribution is 0.401. The van der Waals surface area contributed by atoms with Crippen LogP contribution in [0, 0.1) is 0 Å². The molecule has 3 nitrogen and oxygen atoms in total. The number of nitrogens with zero attached hydrogens (tertiary/aromatic N) is 1. The van der Waals surface area contributed by atoms with Crippen LogP contribution in [0.15, 0.2) is 18.5 Å². The van der Waals surface area contributed by atoms with Crippen molar-refractivity contribution in [2.45, 2.75) is 37.5 Å². The van der Waals surface area contributed by atoms with E-state index in [9.17, 15) is 0 Å². The van der Waals surface area contributed by atoms with E-state index in [4.69, 9.17) is 4.74 Å². The minimum absolute atomic E-state index is 0.268. The average molecular weight is 266 g/mol. The normalized spacial score (nSPS) is 25.1. The minimum Gasteiger partial charge on any atom is -0.495 e. The monoisotopic (exact) mass is 266 g/mol. The molecule has 100 valence electrons. The molecule has 0 bridgehead atoms. The third-order valence-electron chi connectivity index (χ3n) is 3.57. The first-order chi connectivity index (χ1) is 8.69. The van der Waals surface area contributed by atoms with Crippen LogP contribution in [0.25, 0.3) is 0 Å². The Kier molecular flexibility index (Phi) is 4.51. The molecule has 0 amide bonds. The van der Waals surface area contributed by atoms with Crippen LogP contribution in [0.1, 0.15) is 38.3 Å². The zero-order valence-corrected chi connectivity index (χ0v) is 12.2. The van der Waals surface area contributed by atoms with Gasteiger partial charge in [-0.2, -0.15) is 11.8 Å². The largest absolute Gasteiger partial charge is 0.495 e. The van der Waals surface area contributed by atoms with E-state index in [0.717, 1.165) is 12.3 Å². The van der Waals surface area contributed by atoms with Crippen molar-refractivity contribution in [1.82, 2.24) is 10.3 Å². The van der Waals surface area contributed by atoms with Crippen LogP contribution < -0.4 is 10.1 Å². The highest BCUT2D eigenvalue weighted by Crippen LogP contribution is 2.46. The number of thioether (sulfide) groups is 1. The summed E-state index contributed by atoms with van der Waals surface area (Å²) in [4.78, 5) is 4.29. The maximum atomic E-state index is 5.28. The summed E-state index contributed by atoms with van der Waals surface area (Å²) < 4.78 is 5.55. The molecule has 2 unspecified atom stereocenters. The fourth-order valence-electron chi connectivity index (χ4n) is 2.62. The van der Waals surface area contributed by atoms with E-state index in [2.05, 4.69) is 42.0 Å². The van der Waals surface area contributed by atoms with Gasteiger partial charge >= 0.3 is 0 Å². The lowest BCUT2D eigenvalue weighted by atomic mass is 9.91. The summed E-state index contributed by atoms with van der Waals surface area (Å²) in [7, 11) is 1.69. The maximum Gasteiger partial charge on any atom is 0.137 e. The molecule has 2 atom stereocenters. The van der Waals surface area contributed by atoms with Crippen LogP contribution in [-0.4, -0.2) is 29.1 Å². The molecule has 0 saturated carbocycles. The Morgan fingerprint density at radius 2 is 2.39 bits per heavy atom. The van der Waals surface area contributed by atoms with Gasteiger partial charge in [-0.1, -0.05) is 6.92 Å². The van der Waals surface area contributed by atoms with E-state index in [1.54, 1.807) is 13.3 Å². The van der Waals surface area contributed by atoms with Crippen molar-refractivity contribution in [2.24, 2.45) is 0 Å². The predicted molar refractivity (Wildman–Crippen MR) is 77.3 cm³/mol. The summed E-state index contributed by atoms with van der Waals surface area (Å²) in [5, 5.41) is 3.62. The second-order valence-electron chi connectivity index (χ2n) is 4.91. The van der Waals surface area contributed by atoms with Gasteiger partial charge in [0.25, 0.3) is 0 Å². The number of rotatable bonds is 5. The van der Waals surface area contributed by atoms with E-state index in [1.165, 1.54) is 24.2 Å². The van der Waals surface area contributed by atoms with Gasteiger partial charge in [-0.25, -0.2) is 0 Å². The molecule has 0 spiro atoms. The van der Waals surface area contributed by atoms with Crippen LogP contribution in [0.3, 0.4) is 0 Å². The number of pyridine rings is 1. The standard InChI is InChI=1S/C14H22N2OS/c1-4-16-13(14(2)6-5-7-18-14)11-8-12(17-3)10-15-9-11/h8-10,13,16H,4-7H2,1-3H3. The molecule has 4 heteroatoms. The number of aromatic nitrogens is 1. The van der Waals surface area contributed by atoms with Gasteiger partial charge in [0, 0.05) is 17.0 Å². The van der Waals surface area contributed by atoms with Crippen LogP contribution in [0.4, 0.5) is 0 Å². The molecular weight excluding hydrogens is 244 g/mol. The average Bonchev–Trinajstić information content (AvgIpc) is 2.84. The number of hydrogen-bond donors (Lipinski definition) is 1. The first-order valence-corrected chi connectivity index (χ1v) is 7.54. The smallest absolute Gasteiger partial charge is 0.137 e. The lowest BCUT2D eigenvalue weighted by Gasteiger charge is -2.34. The Labute approximate surface area is 114 Å². The van der Waals surface area contributed by atoms with E-state index in [1.807, 2.05) is 6.20 Å². The second-order valence-corrected chi connectivity index (χ2v) is 6.54. The van der Waals surface area contributed by atoms with E-state index in [0.29, 0.717) is 6.04 Å². The molecule has 0 aliphatic carbocycles. The van der Waals surface area contributed by atoms with Gasteiger partial charge in [0.1, 0.15) is 5.75 Å². The highest BCUT2D eigenvalue weighted by molar-refractivity contribution is 8.00. The van der Waals surface area contributed by atoms with Gasteiger partial charge in [-0.15, -0.1) is 0 Å². The third-order valence-corrected chi connectivity index (χ3v) is 5.16. The van der Waals surface area contributed by atoms with Crippen LogP contribution in [0.2, 0.25) is 0 Å². The van der Waals surface area contributed by atoms with Gasteiger partial charge in [0.15, 0.2) is 0 Å². The molecule has 0 aromatic carbocycles. The van der Waals surface area contributed by atoms with Crippen molar-refractivity contribution in [3.05, 3.63) is 24.0 Å². The van der Waals surface area contributed by atoms with Gasteiger partial charge < -0.3 is 10.1 Å². The van der Waals surface area contributed by atoms with Gasteiger partial charge in [-0.3, -0.25) is 4.98 Å². The van der Waals surface area contributed by atoms with Gasteiger partial charge in [0.2, 0.25) is 0 Å². The molecule has 1 aromatic rings. The highest BCUT2D eigenvalue weighted by atomic mass is 32.2. The maximum absolute atomic E-state index is 5.28. The third kappa shape index (κ3) is 2.81. The quantitative estimate of drug-likeness (QED) is 0.888. The molecule has 2 rings (SSSR count). The number of ether oxygens (including phenoxy) is 1. The van der Waals surface area contributed by atoms with Crippen LogP contribution in [-0.2, 0) is 0 Å². The molecule has 1 fully saturated rings. The molecule has 18 heavy (non-hydrogen) atoms. The van der Waals surface area contributed by atoms with E-state index >= 15 is 0 Å². The molecule has 1 N–H and O–H groups in total. The van der Waals surface area contributed by atoms with Crippen molar-refractivity contribution in [2.75, 3.05) is 19.4 Å². The summed E-state index contributed by atoms with van der Waals surface area (Å²) in [6, 6.07) is 2.45. The Morgan fingerprint density at radius 3 is 3.00 bits per heavy atom. The summed E-state index contributed by atoms with van der Waals surface area (Å²) in [5.41, 5.74) is 1.23. The molecule has 1 aromatic heterocycles. The van der Waals surface area contributed by atoms with E-state index in [-0.39, 0.29) is 4.75 Å². The summed E-state index contributed by atoms with van der Waals surface area (Å²) in [5.74, 6) is 2.09. The SMILES string of the molecule is CCNC(c1cncc(OC)c1)C1(C)CCCS1. The molecule has 1 saturated heterocycles. The lowest BCUT2D eigenvalue weighted by Crippen LogP contribution is -2.37. The summed E-state index contributed by atoms with van der Waals surface area (Å²) in [6.45, 7) is 5.49. The van der Waals surface area contributed by atoms with Gasteiger partial charge in [0.05, 0.1) is 13.3 Å². The Balaban J connectivity index is 2.28. The van der Waals surface area contributed by atoms with Crippen molar-refractivity contribution in [1.29, 1.82) is 0 Å². The molecule has 1 aliphatic heterocycles. The van der Waals surface area contributed by atoms with Crippen LogP contribution in [0.5, 0.6) is 5.75 Å². The minimum atomic E-state index is 0.268. The number of hydrogen-bond acceptors (Lipinski definition) is 4. The first-order valence-electron chi connectivity index (χ1n) is 6.56. The fraction of sp³-hybridized carbons (Fsp3) is 0.643. The van der Waals surface area contributed by atoms with Crippen molar-refractivity contribution >= 4 is 11.8 Å². The number of methoxy groups -OCH3 is 1. The predicted octanol–water partition coefficient (Wildman–Crippen LogP) is 3.03. The number of nitrogens with one attached hydrogen (secondary N) is 1. The Bertz CT molecular complexity index is 391. The Hall–Kier alpha value is -0.740. The second kappa shape index (κ2) is 5.93. The molecule has 2 heterocycles. The molecular formula is C14H22N2OS. The van der Waals surface area contributed by atoms with Gasteiger partial charge in [-0.05, 0) is 43.7 Å². The van der Waals surface area contributed by atoms with E-state index < -0.39 is 0 Å². The zero-order chi connectivity index (χ0) is 13.0. The van der Waals surface area contributed by atoms with Crippen molar-refractivity contribution < 1.29 is 4.74 Å². The molecule has 1 aliphatic rings. The Morgan fingerprint density at radius 1 is 1.56 bits per heavy atom. The molecule has 0 radical (unpaired) electrons. The van der Waals surface area contributed by atoms with Crippen LogP contribution >= 0.6 is 11.8 Å². The summed E-state index contributed by atoms with van der Waals surface area (Å²) >= 11 is 2.07. The zero-order valence-electron chi connectivity index (χ0n) is 11.4.